The number of hydrogen-bond acceptors (Lipinski definition) is 4. The molecule has 0 radical (unpaired) electrons. The van der Waals surface area contributed by atoms with Gasteiger partial charge in [-0.1, -0.05) is 12.1 Å². The fourth-order valence-corrected chi connectivity index (χ4v) is 1.67. The van der Waals surface area contributed by atoms with Gasteiger partial charge in [-0.05, 0) is 11.6 Å². The Morgan fingerprint density at radius 3 is 2.88 bits per heavy atom. The smallest absolute Gasteiger partial charge is 0.188 e. The lowest BCUT2D eigenvalue weighted by Crippen LogP contribution is -2.06. The molecule has 2 rings (SSSR count). The number of carbonyl (C=O) groups is 1. The van der Waals surface area contributed by atoms with E-state index in [0.717, 1.165) is 17.8 Å². The van der Waals surface area contributed by atoms with Crippen LogP contribution in [0.25, 0.3) is 0 Å². The first-order valence-electron chi connectivity index (χ1n) is 4.42. The second kappa shape index (κ2) is 4.44. The fourth-order valence-electron chi connectivity index (χ4n) is 1.24. The zero-order valence-electron chi connectivity index (χ0n) is 7.98. The molecule has 2 aromatic rings. The number of Topliss-reactive ketones (excluding diaryl/α,β-unsaturated/α-hetero) is 1. The molecule has 0 saturated heterocycles. The van der Waals surface area contributed by atoms with Gasteiger partial charge in [-0.15, -0.1) is 0 Å². The summed E-state index contributed by atoms with van der Waals surface area (Å²) in [6.45, 7) is 0. The number of nitrogens with zero attached hydrogens (tertiary/aromatic N) is 2. The van der Waals surface area contributed by atoms with Crippen molar-refractivity contribution in [2.45, 2.75) is 6.42 Å². The molecule has 0 saturated carbocycles. The highest BCUT2D eigenvalue weighted by molar-refractivity contribution is 6.99. The zero-order chi connectivity index (χ0) is 11.5. The van der Waals surface area contributed by atoms with Crippen LogP contribution in [0.1, 0.15) is 16.1 Å². The normalized spacial score (nSPS) is 10.4. The minimum atomic E-state index is -0.987. The van der Waals surface area contributed by atoms with E-state index in [-0.39, 0.29) is 23.5 Å². The third-order valence-corrected chi connectivity index (χ3v) is 2.51. The van der Waals surface area contributed by atoms with Gasteiger partial charge in [0.05, 0.1) is 17.9 Å². The van der Waals surface area contributed by atoms with Crippen molar-refractivity contribution in [1.29, 1.82) is 0 Å². The molecule has 0 amide bonds. The highest BCUT2D eigenvalue weighted by atomic mass is 32.1. The van der Waals surface area contributed by atoms with Crippen LogP contribution in [0, 0.1) is 11.6 Å². The minimum Gasteiger partial charge on any atom is -0.292 e. The lowest BCUT2D eigenvalue weighted by molar-refractivity contribution is 0.0988. The van der Waals surface area contributed by atoms with Gasteiger partial charge in [0.15, 0.2) is 17.4 Å². The van der Waals surface area contributed by atoms with E-state index < -0.39 is 11.6 Å². The molecule has 0 aliphatic rings. The van der Waals surface area contributed by atoms with E-state index in [1.807, 2.05) is 0 Å². The molecular weight excluding hydrogens is 234 g/mol. The van der Waals surface area contributed by atoms with Crippen LogP contribution in [0.3, 0.4) is 0 Å². The molecule has 1 aromatic heterocycles. The van der Waals surface area contributed by atoms with Gasteiger partial charge < -0.3 is 0 Å². The van der Waals surface area contributed by atoms with E-state index in [0.29, 0.717) is 0 Å². The van der Waals surface area contributed by atoms with E-state index in [2.05, 4.69) is 8.75 Å². The van der Waals surface area contributed by atoms with Gasteiger partial charge in [-0.3, -0.25) is 4.79 Å². The largest absolute Gasteiger partial charge is 0.292 e. The summed E-state index contributed by atoms with van der Waals surface area (Å²) in [5.74, 6) is -2.32. The molecule has 0 fully saturated rings. The van der Waals surface area contributed by atoms with Crippen molar-refractivity contribution in [2.24, 2.45) is 0 Å². The van der Waals surface area contributed by atoms with Gasteiger partial charge >= 0.3 is 0 Å². The molecule has 16 heavy (non-hydrogen) atoms. The number of aromatic nitrogens is 2. The average molecular weight is 240 g/mol. The quantitative estimate of drug-likeness (QED) is 0.773. The number of hydrogen-bond donors (Lipinski definition) is 0. The number of carbonyl (C=O) groups excluding carboxylic acids is 1. The summed E-state index contributed by atoms with van der Waals surface area (Å²) in [5.41, 5.74) is 0.201. The van der Waals surface area contributed by atoms with Gasteiger partial charge in [-0.25, -0.2) is 8.78 Å². The van der Waals surface area contributed by atoms with Crippen molar-refractivity contribution in [1.82, 2.24) is 8.75 Å². The van der Waals surface area contributed by atoms with Crippen LogP contribution < -0.4 is 0 Å². The van der Waals surface area contributed by atoms with E-state index in [9.17, 15) is 13.6 Å². The number of halogens is 2. The molecule has 0 bridgehead atoms. The maximum atomic E-state index is 13.2. The highest BCUT2D eigenvalue weighted by Gasteiger charge is 2.14. The van der Waals surface area contributed by atoms with E-state index in [4.69, 9.17) is 0 Å². The standard InChI is InChI=1S/C10H6F2N2OS/c11-7-3-1-2-6(10(7)12)4-9(15)8-5-13-16-14-8/h1-3,5H,4H2. The molecule has 0 aliphatic heterocycles. The molecule has 1 heterocycles. The molecule has 0 spiro atoms. The van der Waals surface area contributed by atoms with Crippen LogP contribution in [-0.4, -0.2) is 14.5 Å². The Balaban J connectivity index is 2.22. The summed E-state index contributed by atoms with van der Waals surface area (Å²) in [5, 5.41) is 0. The molecule has 3 nitrogen and oxygen atoms in total. The van der Waals surface area contributed by atoms with Gasteiger partial charge in [0, 0.05) is 6.42 Å². The molecular formula is C10H6F2N2OS. The Labute approximate surface area is 94.1 Å². The van der Waals surface area contributed by atoms with E-state index >= 15 is 0 Å². The SMILES string of the molecule is O=C(Cc1cccc(F)c1F)c1cnsn1. The maximum Gasteiger partial charge on any atom is 0.188 e. The van der Waals surface area contributed by atoms with Crippen molar-refractivity contribution >= 4 is 17.5 Å². The number of benzene rings is 1. The molecule has 0 aliphatic carbocycles. The first kappa shape index (κ1) is 10.8. The summed E-state index contributed by atoms with van der Waals surface area (Å²) in [6, 6.07) is 3.74. The van der Waals surface area contributed by atoms with Gasteiger partial charge in [0.25, 0.3) is 0 Å². The van der Waals surface area contributed by atoms with Crippen molar-refractivity contribution in [3.8, 4) is 0 Å². The van der Waals surface area contributed by atoms with Crippen molar-refractivity contribution in [3.05, 3.63) is 47.3 Å². The van der Waals surface area contributed by atoms with E-state index in [1.54, 1.807) is 0 Å². The molecule has 0 unspecified atom stereocenters. The predicted octanol–water partition coefficient (Wildman–Crippen LogP) is 2.24. The van der Waals surface area contributed by atoms with Crippen LogP contribution in [-0.2, 0) is 6.42 Å². The zero-order valence-corrected chi connectivity index (χ0v) is 8.80. The van der Waals surface area contributed by atoms with Gasteiger partial charge in [0.2, 0.25) is 0 Å². The Kier molecular flexibility index (Phi) is 3.00. The van der Waals surface area contributed by atoms with Gasteiger partial charge in [0.1, 0.15) is 5.69 Å². The Morgan fingerprint density at radius 2 is 2.19 bits per heavy atom. The predicted molar refractivity (Wildman–Crippen MR) is 54.3 cm³/mol. The summed E-state index contributed by atoms with van der Waals surface area (Å²) in [6.07, 6.45) is 1.10. The average Bonchev–Trinajstić information content (AvgIpc) is 2.78. The van der Waals surface area contributed by atoms with Crippen LogP contribution in [0.2, 0.25) is 0 Å². The molecule has 0 N–H and O–H groups in total. The third-order valence-electron chi connectivity index (χ3n) is 2.03. The van der Waals surface area contributed by atoms with Crippen LogP contribution in [0.15, 0.2) is 24.4 Å². The monoisotopic (exact) mass is 240 g/mol. The van der Waals surface area contributed by atoms with Crippen LogP contribution in [0.4, 0.5) is 8.78 Å². The number of rotatable bonds is 3. The first-order valence-corrected chi connectivity index (χ1v) is 5.15. The van der Waals surface area contributed by atoms with E-state index in [1.165, 1.54) is 18.3 Å². The fraction of sp³-hybridized carbons (Fsp3) is 0.100. The van der Waals surface area contributed by atoms with Crippen molar-refractivity contribution < 1.29 is 13.6 Å². The second-order valence-corrected chi connectivity index (χ2v) is 3.66. The highest BCUT2D eigenvalue weighted by Crippen LogP contribution is 2.13. The Morgan fingerprint density at radius 1 is 1.38 bits per heavy atom. The van der Waals surface area contributed by atoms with Crippen LogP contribution >= 0.6 is 11.7 Å². The topological polar surface area (TPSA) is 42.9 Å². The lowest BCUT2D eigenvalue weighted by Gasteiger charge is -2.01. The van der Waals surface area contributed by atoms with Crippen LogP contribution in [0.5, 0.6) is 0 Å². The summed E-state index contributed by atoms with van der Waals surface area (Å²) in [4.78, 5) is 11.6. The molecule has 1 aromatic carbocycles. The Hall–Kier alpha value is -1.69. The third kappa shape index (κ3) is 2.11. The summed E-state index contributed by atoms with van der Waals surface area (Å²) < 4.78 is 33.5. The summed E-state index contributed by atoms with van der Waals surface area (Å²) in [7, 11) is 0. The van der Waals surface area contributed by atoms with Crippen molar-refractivity contribution in [3.63, 3.8) is 0 Å². The molecule has 82 valence electrons. The minimum absolute atomic E-state index is 0.0259. The Bertz CT molecular complexity index is 514. The number of ketones is 1. The first-order chi connectivity index (χ1) is 7.68. The molecule has 6 heteroatoms. The maximum absolute atomic E-state index is 13.2. The molecule has 0 atom stereocenters. The lowest BCUT2D eigenvalue weighted by atomic mass is 10.1. The van der Waals surface area contributed by atoms with Crippen molar-refractivity contribution in [2.75, 3.05) is 0 Å². The van der Waals surface area contributed by atoms with Gasteiger partial charge in [-0.2, -0.15) is 8.75 Å². The second-order valence-electron chi connectivity index (χ2n) is 3.11. The summed E-state index contributed by atoms with van der Waals surface area (Å²) >= 11 is 0.897.